The van der Waals surface area contributed by atoms with Crippen molar-refractivity contribution in [1.29, 1.82) is 5.26 Å². The van der Waals surface area contributed by atoms with Crippen molar-refractivity contribution in [2.75, 3.05) is 12.4 Å². The summed E-state index contributed by atoms with van der Waals surface area (Å²) in [5.41, 5.74) is 1.23. The van der Waals surface area contributed by atoms with Gasteiger partial charge in [-0.3, -0.25) is 4.79 Å². The van der Waals surface area contributed by atoms with E-state index in [0.717, 1.165) is 5.56 Å². The van der Waals surface area contributed by atoms with E-state index >= 15 is 0 Å². The zero-order valence-electron chi connectivity index (χ0n) is 11.2. The van der Waals surface area contributed by atoms with Gasteiger partial charge in [0.1, 0.15) is 5.60 Å². The van der Waals surface area contributed by atoms with Gasteiger partial charge in [0.25, 0.3) is 5.91 Å². The molecule has 96 valence electrons. The van der Waals surface area contributed by atoms with Gasteiger partial charge in [-0.1, -0.05) is 13.0 Å². The summed E-state index contributed by atoms with van der Waals surface area (Å²) in [6.07, 6.45) is 0.576. The van der Waals surface area contributed by atoms with Gasteiger partial charge in [0.05, 0.1) is 11.6 Å². The number of nitriles is 1. The normalized spacial score (nSPS) is 13.5. The average Bonchev–Trinajstić information content (AvgIpc) is 2.40. The Hall–Kier alpha value is -1.86. The van der Waals surface area contributed by atoms with Crippen LogP contribution >= 0.6 is 0 Å². The van der Waals surface area contributed by atoms with Crippen molar-refractivity contribution < 1.29 is 9.53 Å². The van der Waals surface area contributed by atoms with Crippen LogP contribution in [0, 0.1) is 18.3 Å². The predicted molar refractivity (Wildman–Crippen MR) is 70.2 cm³/mol. The minimum atomic E-state index is -0.852. The number of ether oxygens (including phenoxy) is 1. The molecule has 4 heteroatoms. The molecule has 1 atom stereocenters. The van der Waals surface area contributed by atoms with Crippen LogP contribution < -0.4 is 5.32 Å². The molecule has 1 unspecified atom stereocenters. The Morgan fingerprint density at radius 2 is 2.22 bits per heavy atom. The number of aryl methyl sites for hydroxylation is 1. The lowest BCUT2D eigenvalue weighted by atomic mass is 10.0. The Morgan fingerprint density at radius 1 is 1.56 bits per heavy atom. The smallest absolute Gasteiger partial charge is 0.256 e. The molecule has 1 N–H and O–H groups in total. The number of benzene rings is 1. The zero-order chi connectivity index (χ0) is 13.8. The highest BCUT2D eigenvalue weighted by Gasteiger charge is 2.31. The summed E-state index contributed by atoms with van der Waals surface area (Å²) in [4.78, 5) is 12.1. The van der Waals surface area contributed by atoms with E-state index in [1.807, 2.05) is 19.9 Å². The van der Waals surface area contributed by atoms with Crippen LogP contribution in [0.3, 0.4) is 0 Å². The van der Waals surface area contributed by atoms with Gasteiger partial charge < -0.3 is 10.1 Å². The van der Waals surface area contributed by atoms with Crippen molar-refractivity contribution in [2.45, 2.75) is 32.8 Å². The molecule has 0 heterocycles. The monoisotopic (exact) mass is 246 g/mol. The minimum absolute atomic E-state index is 0.203. The van der Waals surface area contributed by atoms with Crippen LogP contribution in [-0.4, -0.2) is 18.6 Å². The molecule has 0 aliphatic carbocycles. The molecule has 0 radical (unpaired) electrons. The molecule has 0 aliphatic heterocycles. The summed E-state index contributed by atoms with van der Waals surface area (Å²) < 4.78 is 5.24. The quantitative estimate of drug-likeness (QED) is 0.888. The molecule has 1 rings (SSSR count). The lowest BCUT2D eigenvalue weighted by molar-refractivity contribution is -0.136. The van der Waals surface area contributed by atoms with Crippen LogP contribution in [0.4, 0.5) is 5.69 Å². The third-order valence-electron chi connectivity index (χ3n) is 3.22. The number of hydrogen-bond donors (Lipinski definition) is 1. The van der Waals surface area contributed by atoms with Gasteiger partial charge >= 0.3 is 0 Å². The topological polar surface area (TPSA) is 62.1 Å². The summed E-state index contributed by atoms with van der Waals surface area (Å²) in [7, 11) is 1.52. The van der Waals surface area contributed by atoms with E-state index in [-0.39, 0.29) is 5.91 Å². The molecule has 1 amide bonds. The largest absolute Gasteiger partial charge is 0.369 e. The zero-order valence-corrected chi connectivity index (χ0v) is 11.2. The molecular weight excluding hydrogens is 228 g/mol. The fraction of sp³-hybridized carbons (Fsp3) is 0.429. The summed E-state index contributed by atoms with van der Waals surface area (Å²) >= 11 is 0. The summed E-state index contributed by atoms with van der Waals surface area (Å²) in [5, 5.41) is 11.7. The number of anilines is 1. The number of amides is 1. The fourth-order valence-electron chi connectivity index (χ4n) is 1.48. The molecule has 4 nitrogen and oxygen atoms in total. The second-order valence-electron chi connectivity index (χ2n) is 4.38. The highest BCUT2D eigenvalue weighted by atomic mass is 16.5. The number of nitrogens with zero attached hydrogens (tertiary/aromatic N) is 1. The lowest BCUT2D eigenvalue weighted by Crippen LogP contribution is -2.41. The van der Waals surface area contributed by atoms with Crippen LogP contribution in [0.25, 0.3) is 0 Å². The van der Waals surface area contributed by atoms with Crippen LogP contribution in [0.15, 0.2) is 18.2 Å². The van der Waals surface area contributed by atoms with Crippen molar-refractivity contribution in [2.24, 2.45) is 0 Å². The van der Waals surface area contributed by atoms with Crippen molar-refractivity contribution in [3.63, 3.8) is 0 Å². The average molecular weight is 246 g/mol. The molecule has 0 aliphatic rings. The second-order valence-corrected chi connectivity index (χ2v) is 4.38. The van der Waals surface area contributed by atoms with E-state index in [2.05, 4.69) is 11.4 Å². The molecular formula is C14H18N2O2. The van der Waals surface area contributed by atoms with Crippen LogP contribution in [-0.2, 0) is 9.53 Å². The third-order valence-corrected chi connectivity index (χ3v) is 3.22. The molecule has 0 saturated heterocycles. The fourth-order valence-corrected chi connectivity index (χ4v) is 1.48. The van der Waals surface area contributed by atoms with Crippen molar-refractivity contribution >= 4 is 11.6 Å². The number of rotatable bonds is 4. The maximum absolute atomic E-state index is 12.1. The molecule has 0 fully saturated rings. The molecule has 1 aromatic carbocycles. The van der Waals surface area contributed by atoms with Crippen LogP contribution in [0.1, 0.15) is 31.4 Å². The molecule has 18 heavy (non-hydrogen) atoms. The minimum Gasteiger partial charge on any atom is -0.369 e. The Kier molecular flexibility index (Phi) is 4.46. The first-order valence-electron chi connectivity index (χ1n) is 5.84. The molecule has 0 aromatic heterocycles. The van der Waals surface area contributed by atoms with Crippen LogP contribution in [0.2, 0.25) is 0 Å². The van der Waals surface area contributed by atoms with Gasteiger partial charge in [0, 0.05) is 12.8 Å². The number of methoxy groups -OCH3 is 1. The van der Waals surface area contributed by atoms with E-state index in [1.54, 1.807) is 19.1 Å². The summed E-state index contributed by atoms with van der Waals surface area (Å²) in [6, 6.07) is 7.25. The number of hydrogen-bond acceptors (Lipinski definition) is 3. The Balaban J connectivity index is 2.98. The highest BCUT2D eigenvalue weighted by Crippen LogP contribution is 2.21. The highest BCUT2D eigenvalue weighted by molar-refractivity contribution is 5.97. The van der Waals surface area contributed by atoms with Crippen LogP contribution in [0.5, 0.6) is 0 Å². The maximum Gasteiger partial charge on any atom is 0.256 e. The first kappa shape index (κ1) is 14.2. The second kappa shape index (κ2) is 5.65. The van der Waals surface area contributed by atoms with E-state index in [4.69, 9.17) is 10.00 Å². The molecule has 0 bridgehead atoms. The first-order chi connectivity index (χ1) is 8.46. The molecule has 0 saturated carbocycles. The van der Waals surface area contributed by atoms with Crippen molar-refractivity contribution in [1.82, 2.24) is 0 Å². The van der Waals surface area contributed by atoms with Crippen molar-refractivity contribution in [3.8, 4) is 6.07 Å². The molecule has 1 aromatic rings. The van der Waals surface area contributed by atoms with Gasteiger partial charge in [0.15, 0.2) is 0 Å². The molecule has 0 spiro atoms. The number of carbonyl (C=O) groups is 1. The van der Waals surface area contributed by atoms with Crippen molar-refractivity contribution in [3.05, 3.63) is 29.3 Å². The Labute approximate surface area is 108 Å². The Morgan fingerprint density at radius 3 is 2.72 bits per heavy atom. The predicted octanol–water partition coefficient (Wildman–Crippen LogP) is 2.62. The summed E-state index contributed by atoms with van der Waals surface area (Å²) in [6.45, 7) is 5.51. The van der Waals surface area contributed by atoms with E-state index < -0.39 is 5.60 Å². The van der Waals surface area contributed by atoms with Gasteiger partial charge in [-0.05, 0) is 38.0 Å². The van der Waals surface area contributed by atoms with Gasteiger partial charge in [-0.15, -0.1) is 0 Å². The van der Waals surface area contributed by atoms with Gasteiger partial charge in [-0.25, -0.2) is 0 Å². The Bertz CT molecular complexity index is 485. The standard InChI is InChI=1S/C14H18N2O2/c1-5-14(3,18-4)13(17)16-12-8-11(9-15)7-6-10(12)2/h6-8H,5H2,1-4H3,(H,16,17). The van der Waals surface area contributed by atoms with E-state index in [0.29, 0.717) is 17.7 Å². The number of carbonyl (C=O) groups excluding carboxylic acids is 1. The van der Waals surface area contributed by atoms with Gasteiger partial charge in [-0.2, -0.15) is 5.26 Å². The summed E-state index contributed by atoms with van der Waals surface area (Å²) in [5.74, 6) is -0.203. The SMILES string of the molecule is CCC(C)(OC)C(=O)Nc1cc(C#N)ccc1C. The first-order valence-corrected chi connectivity index (χ1v) is 5.84. The lowest BCUT2D eigenvalue weighted by Gasteiger charge is -2.25. The maximum atomic E-state index is 12.1. The van der Waals surface area contributed by atoms with E-state index in [9.17, 15) is 4.79 Å². The third kappa shape index (κ3) is 2.88. The van der Waals surface area contributed by atoms with E-state index in [1.165, 1.54) is 7.11 Å². The van der Waals surface area contributed by atoms with Gasteiger partial charge in [0.2, 0.25) is 0 Å². The number of nitrogens with one attached hydrogen (secondary N) is 1.